The summed E-state index contributed by atoms with van der Waals surface area (Å²) in [7, 11) is -2.13. The molecule has 0 saturated carbocycles. The topological polar surface area (TPSA) is 112 Å². The lowest BCUT2D eigenvalue weighted by atomic mass is 10.1. The molecule has 0 saturated heterocycles. The van der Waals surface area contributed by atoms with Crippen molar-refractivity contribution in [2.45, 2.75) is 16.1 Å². The lowest BCUT2D eigenvalue weighted by molar-refractivity contribution is -0.140. The Labute approximate surface area is 196 Å². The van der Waals surface area contributed by atoms with Gasteiger partial charge in [0.05, 0.1) is 41.9 Å². The molecule has 1 aliphatic rings. The van der Waals surface area contributed by atoms with E-state index in [1.165, 1.54) is 17.0 Å². The molecule has 2 aromatic rings. The van der Waals surface area contributed by atoms with Crippen LogP contribution in [0.4, 0.5) is 18.9 Å². The largest absolute Gasteiger partial charge is 0.466 e. The minimum absolute atomic E-state index is 0.0990. The van der Waals surface area contributed by atoms with Gasteiger partial charge in [-0.05, 0) is 30.3 Å². The molecule has 0 fully saturated rings. The van der Waals surface area contributed by atoms with Crippen molar-refractivity contribution >= 4 is 39.1 Å². The summed E-state index contributed by atoms with van der Waals surface area (Å²) in [5.41, 5.74) is -1.19. The standard InChI is InChI=1S/C20H16ClF3N2O7S/c1-31-18(27)14-9-33-10-26(16(14)19(28)32-2)12-3-5-13(6-4-12)34(29,30)17-15(21)7-11(8-25-17)20(22,23)24/h3-8H,9-10H2,1-2H3. The highest BCUT2D eigenvalue weighted by atomic mass is 35.5. The van der Waals surface area contributed by atoms with Crippen molar-refractivity contribution in [1.82, 2.24) is 4.98 Å². The van der Waals surface area contributed by atoms with E-state index in [1.54, 1.807) is 0 Å². The molecular weight excluding hydrogens is 505 g/mol. The molecule has 9 nitrogen and oxygen atoms in total. The molecule has 0 bridgehead atoms. The highest BCUT2D eigenvalue weighted by molar-refractivity contribution is 7.91. The van der Waals surface area contributed by atoms with Crippen LogP contribution in [0.15, 0.2) is 57.7 Å². The van der Waals surface area contributed by atoms with Crippen molar-refractivity contribution in [2.75, 3.05) is 32.5 Å². The van der Waals surface area contributed by atoms with Crippen molar-refractivity contribution in [2.24, 2.45) is 0 Å². The molecule has 34 heavy (non-hydrogen) atoms. The van der Waals surface area contributed by atoms with E-state index < -0.39 is 43.6 Å². The van der Waals surface area contributed by atoms with Crippen molar-refractivity contribution < 1.29 is 45.4 Å². The molecule has 0 N–H and O–H groups in total. The van der Waals surface area contributed by atoms with E-state index in [-0.39, 0.29) is 35.2 Å². The Bertz CT molecular complexity index is 1260. The fourth-order valence-electron chi connectivity index (χ4n) is 3.04. The van der Waals surface area contributed by atoms with Crippen molar-refractivity contribution in [3.05, 3.63) is 58.4 Å². The Morgan fingerprint density at radius 3 is 2.26 bits per heavy atom. The zero-order valence-corrected chi connectivity index (χ0v) is 19.1. The fraction of sp³-hybridized carbons (Fsp3) is 0.250. The van der Waals surface area contributed by atoms with Crippen molar-refractivity contribution in [1.29, 1.82) is 0 Å². The number of hydrogen-bond donors (Lipinski definition) is 0. The molecule has 14 heteroatoms. The predicted molar refractivity (Wildman–Crippen MR) is 110 cm³/mol. The van der Waals surface area contributed by atoms with E-state index >= 15 is 0 Å². The smallest absolute Gasteiger partial charge is 0.417 e. The first-order valence-electron chi connectivity index (χ1n) is 9.24. The van der Waals surface area contributed by atoms with Crippen molar-refractivity contribution in [3.8, 4) is 0 Å². The number of carbonyl (C=O) groups is 2. The maximum Gasteiger partial charge on any atom is 0.417 e. The Morgan fingerprint density at radius 2 is 1.74 bits per heavy atom. The number of pyridine rings is 1. The zero-order chi connectivity index (χ0) is 25.3. The van der Waals surface area contributed by atoms with Crippen molar-refractivity contribution in [3.63, 3.8) is 0 Å². The van der Waals surface area contributed by atoms with E-state index in [0.29, 0.717) is 12.3 Å². The van der Waals surface area contributed by atoms with Crippen LogP contribution in [0.5, 0.6) is 0 Å². The SMILES string of the molecule is COC(=O)C1=C(C(=O)OC)N(c2ccc(S(=O)(=O)c3ncc(C(F)(F)F)cc3Cl)cc2)COC1. The van der Waals surface area contributed by atoms with Gasteiger partial charge in [-0.25, -0.2) is 23.0 Å². The minimum atomic E-state index is -4.75. The van der Waals surface area contributed by atoms with E-state index in [2.05, 4.69) is 9.72 Å². The lowest BCUT2D eigenvalue weighted by Gasteiger charge is -2.31. The van der Waals surface area contributed by atoms with Crippen LogP contribution in [0.2, 0.25) is 5.02 Å². The third-order valence-electron chi connectivity index (χ3n) is 4.68. The summed E-state index contributed by atoms with van der Waals surface area (Å²) >= 11 is 5.78. The van der Waals surface area contributed by atoms with Crippen LogP contribution in [-0.2, 0) is 39.8 Å². The molecule has 0 amide bonds. The first-order chi connectivity index (χ1) is 15.9. The molecule has 1 aromatic carbocycles. The van der Waals surface area contributed by atoms with Gasteiger partial charge >= 0.3 is 18.1 Å². The van der Waals surface area contributed by atoms with Crippen LogP contribution in [0, 0.1) is 0 Å². The third kappa shape index (κ3) is 4.86. The molecule has 3 rings (SSSR count). The predicted octanol–water partition coefficient (Wildman–Crippen LogP) is 2.98. The van der Waals surface area contributed by atoms with Gasteiger partial charge in [-0.15, -0.1) is 0 Å². The summed E-state index contributed by atoms with van der Waals surface area (Å²) in [5, 5.41) is -1.44. The van der Waals surface area contributed by atoms with Gasteiger partial charge in [-0.1, -0.05) is 11.6 Å². The van der Waals surface area contributed by atoms with Crippen LogP contribution in [0.3, 0.4) is 0 Å². The molecule has 0 atom stereocenters. The molecule has 0 aliphatic carbocycles. The van der Waals surface area contributed by atoms with Gasteiger partial charge in [0.2, 0.25) is 9.84 Å². The van der Waals surface area contributed by atoms with Crippen LogP contribution < -0.4 is 4.90 Å². The molecule has 182 valence electrons. The number of benzene rings is 1. The number of halogens is 4. The average molecular weight is 521 g/mol. The van der Waals surface area contributed by atoms with E-state index in [0.717, 1.165) is 26.4 Å². The molecular formula is C20H16ClF3N2O7S. The first kappa shape index (κ1) is 25.5. The Balaban J connectivity index is 2.00. The van der Waals surface area contributed by atoms with Crippen LogP contribution in [-0.4, -0.2) is 52.9 Å². The number of ether oxygens (including phenoxy) is 3. The second-order valence-corrected chi connectivity index (χ2v) is 8.99. The minimum Gasteiger partial charge on any atom is -0.466 e. The number of rotatable bonds is 5. The van der Waals surface area contributed by atoms with Gasteiger partial charge < -0.3 is 19.1 Å². The summed E-state index contributed by atoms with van der Waals surface area (Å²) in [6.07, 6.45) is -4.37. The lowest BCUT2D eigenvalue weighted by Crippen LogP contribution is -2.38. The fourth-order valence-corrected chi connectivity index (χ4v) is 4.74. The molecule has 0 radical (unpaired) electrons. The van der Waals surface area contributed by atoms with E-state index in [9.17, 15) is 31.2 Å². The highest BCUT2D eigenvalue weighted by Gasteiger charge is 2.34. The molecule has 2 heterocycles. The van der Waals surface area contributed by atoms with Gasteiger partial charge in [0, 0.05) is 11.9 Å². The number of alkyl halides is 3. The van der Waals surface area contributed by atoms with Gasteiger partial charge in [0.1, 0.15) is 12.4 Å². The Hall–Kier alpha value is -3.16. The molecule has 0 spiro atoms. The molecule has 0 unspecified atom stereocenters. The third-order valence-corrected chi connectivity index (χ3v) is 6.81. The second kappa shape index (κ2) is 9.60. The summed E-state index contributed by atoms with van der Waals surface area (Å²) in [6.45, 7) is -0.374. The van der Waals surface area contributed by atoms with Crippen LogP contribution in [0.25, 0.3) is 0 Å². The van der Waals surface area contributed by atoms with Crippen LogP contribution in [0.1, 0.15) is 5.56 Å². The summed E-state index contributed by atoms with van der Waals surface area (Å²) in [4.78, 5) is 28.8. The normalized spacial score (nSPS) is 14.7. The Morgan fingerprint density at radius 1 is 1.12 bits per heavy atom. The summed E-state index contributed by atoms with van der Waals surface area (Å²) < 4.78 is 79.0. The number of esters is 2. The van der Waals surface area contributed by atoms with Gasteiger partial charge in [0.25, 0.3) is 0 Å². The molecule has 1 aromatic heterocycles. The Kier molecular flexibility index (Phi) is 7.19. The summed E-state index contributed by atoms with van der Waals surface area (Å²) in [6, 6.07) is 5.36. The van der Waals surface area contributed by atoms with Crippen LogP contribution >= 0.6 is 11.6 Å². The first-order valence-corrected chi connectivity index (χ1v) is 11.1. The average Bonchev–Trinajstić information content (AvgIpc) is 2.81. The van der Waals surface area contributed by atoms with Gasteiger partial charge in [-0.2, -0.15) is 13.2 Å². The maximum absolute atomic E-state index is 12.9. The monoisotopic (exact) mass is 520 g/mol. The number of aromatic nitrogens is 1. The number of sulfone groups is 1. The van der Waals surface area contributed by atoms with E-state index in [1.807, 2.05) is 0 Å². The van der Waals surface area contributed by atoms with Gasteiger partial charge in [-0.3, -0.25) is 0 Å². The second-order valence-electron chi connectivity index (χ2n) is 6.72. The number of anilines is 1. The summed E-state index contributed by atoms with van der Waals surface area (Å²) in [5.74, 6) is -1.66. The quantitative estimate of drug-likeness (QED) is 0.549. The molecule has 1 aliphatic heterocycles. The zero-order valence-electron chi connectivity index (χ0n) is 17.6. The number of hydrogen-bond acceptors (Lipinski definition) is 9. The number of methoxy groups -OCH3 is 2. The van der Waals surface area contributed by atoms with E-state index in [4.69, 9.17) is 21.1 Å². The maximum atomic E-state index is 12.9. The number of nitrogens with zero attached hydrogens (tertiary/aromatic N) is 2. The highest BCUT2D eigenvalue weighted by Crippen LogP contribution is 2.34. The van der Waals surface area contributed by atoms with Gasteiger partial charge in [0.15, 0.2) is 5.03 Å². The number of carbonyl (C=O) groups excluding carboxylic acids is 2.